The molecule has 0 spiro atoms. The zero-order valence-electron chi connectivity index (χ0n) is 10.6. The second kappa shape index (κ2) is 6.15. The smallest absolute Gasteiger partial charge is 0.226 e. The number of hydrogen-bond acceptors (Lipinski definition) is 3. The van der Waals surface area contributed by atoms with Gasteiger partial charge in [-0.2, -0.15) is 0 Å². The third-order valence-corrected chi connectivity index (χ3v) is 2.82. The van der Waals surface area contributed by atoms with E-state index < -0.39 is 0 Å². The first kappa shape index (κ1) is 12.6. The monoisotopic (exact) mass is 243 g/mol. The molecule has 0 atom stereocenters. The van der Waals surface area contributed by atoms with Crippen LogP contribution in [0, 0.1) is 0 Å². The molecule has 2 rings (SSSR count). The van der Waals surface area contributed by atoms with Gasteiger partial charge >= 0.3 is 0 Å². The average molecular weight is 243 g/mol. The van der Waals surface area contributed by atoms with Gasteiger partial charge in [-0.15, -0.1) is 0 Å². The number of hydrogen-bond donors (Lipinski definition) is 0. The quantitative estimate of drug-likeness (QED) is 0.566. The van der Waals surface area contributed by atoms with Gasteiger partial charge in [-0.1, -0.05) is 38.0 Å². The van der Waals surface area contributed by atoms with Crippen molar-refractivity contribution in [3.05, 3.63) is 42.3 Å². The molecule has 3 nitrogen and oxygen atoms in total. The van der Waals surface area contributed by atoms with Gasteiger partial charge in [0.2, 0.25) is 5.89 Å². The Labute approximate surface area is 107 Å². The molecule has 0 amide bonds. The minimum Gasteiger partial charge on any atom is -0.444 e. The SMILES string of the molecule is CCCCCC(=O)c1coc(-c2ccccc2)n1. The van der Waals surface area contributed by atoms with E-state index in [4.69, 9.17) is 4.42 Å². The zero-order chi connectivity index (χ0) is 12.8. The van der Waals surface area contributed by atoms with Gasteiger partial charge in [-0.3, -0.25) is 4.79 Å². The summed E-state index contributed by atoms with van der Waals surface area (Å²) >= 11 is 0. The number of aromatic nitrogens is 1. The molecule has 0 N–H and O–H groups in total. The van der Waals surface area contributed by atoms with E-state index in [9.17, 15) is 4.79 Å². The number of Topliss-reactive ketones (excluding diaryl/α,β-unsaturated/α-hetero) is 1. The molecular weight excluding hydrogens is 226 g/mol. The third-order valence-electron chi connectivity index (χ3n) is 2.82. The second-order valence-electron chi connectivity index (χ2n) is 4.28. The first-order valence-corrected chi connectivity index (χ1v) is 6.35. The van der Waals surface area contributed by atoms with Crippen LogP contribution in [-0.4, -0.2) is 10.8 Å². The van der Waals surface area contributed by atoms with Crippen LogP contribution in [0.3, 0.4) is 0 Å². The van der Waals surface area contributed by atoms with Crippen molar-refractivity contribution in [2.75, 3.05) is 0 Å². The molecule has 0 saturated carbocycles. The van der Waals surface area contributed by atoms with Crippen molar-refractivity contribution in [1.29, 1.82) is 0 Å². The van der Waals surface area contributed by atoms with Crippen LogP contribution in [0.15, 0.2) is 41.0 Å². The van der Waals surface area contributed by atoms with Crippen LogP contribution < -0.4 is 0 Å². The summed E-state index contributed by atoms with van der Waals surface area (Å²) in [5.74, 6) is 0.573. The van der Waals surface area contributed by atoms with Crippen LogP contribution in [0.1, 0.15) is 43.1 Å². The van der Waals surface area contributed by atoms with E-state index in [1.165, 1.54) is 6.26 Å². The molecule has 0 aliphatic rings. The minimum atomic E-state index is 0.0642. The van der Waals surface area contributed by atoms with Crippen LogP contribution in [0.2, 0.25) is 0 Å². The van der Waals surface area contributed by atoms with Gasteiger partial charge in [-0.25, -0.2) is 4.98 Å². The number of benzene rings is 1. The maximum Gasteiger partial charge on any atom is 0.226 e. The Bertz CT molecular complexity index is 502. The fourth-order valence-electron chi connectivity index (χ4n) is 1.78. The lowest BCUT2D eigenvalue weighted by atomic mass is 10.1. The average Bonchev–Trinajstić information content (AvgIpc) is 2.89. The number of nitrogens with zero attached hydrogens (tertiary/aromatic N) is 1. The molecule has 1 heterocycles. The van der Waals surface area contributed by atoms with Gasteiger partial charge in [-0.05, 0) is 18.6 Å². The summed E-state index contributed by atoms with van der Waals surface area (Å²) in [6, 6.07) is 9.60. The number of ketones is 1. The van der Waals surface area contributed by atoms with Gasteiger partial charge in [0.05, 0.1) is 0 Å². The molecule has 0 unspecified atom stereocenters. The number of oxazole rings is 1. The highest BCUT2D eigenvalue weighted by molar-refractivity contribution is 5.94. The summed E-state index contributed by atoms with van der Waals surface area (Å²) in [7, 11) is 0. The number of unbranched alkanes of at least 4 members (excludes halogenated alkanes) is 2. The Hall–Kier alpha value is -1.90. The molecule has 94 valence electrons. The Kier molecular flexibility index (Phi) is 4.29. The van der Waals surface area contributed by atoms with E-state index in [2.05, 4.69) is 11.9 Å². The first-order valence-electron chi connectivity index (χ1n) is 6.35. The summed E-state index contributed by atoms with van der Waals surface area (Å²) in [6.07, 6.45) is 5.12. The van der Waals surface area contributed by atoms with Crippen molar-refractivity contribution in [3.8, 4) is 11.5 Å². The molecule has 0 aliphatic heterocycles. The van der Waals surface area contributed by atoms with Gasteiger partial charge in [0.15, 0.2) is 5.78 Å². The lowest BCUT2D eigenvalue weighted by molar-refractivity contribution is 0.0974. The van der Waals surface area contributed by atoms with Gasteiger partial charge < -0.3 is 4.42 Å². The molecule has 0 bridgehead atoms. The minimum absolute atomic E-state index is 0.0642. The summed E-state index contributed by atoms with van der Waals surface area (Å²) in [5, 5.41) is 0. The fourth-order valence-corrected chi connectivity index (χ4v) is 1.78. The zero-order valence-corrected chi connectivity index (χ0v) is 10.6. The standard InChI is InChI=1S/C15H17NO2/c1-2-3-5-10-14(17)13-11-18-15(16-13)12-8-6-4-7-9-12/h4,6-9,11H,2-3,5,10H2,1H3. The molecule has 0 fully saturated rings. The predicted molar refractivity (Wildman–Crippen MR) is 70.4 cm³/mol. The highest BCUT2D eigenvalue weighted by Crippen LogP contribution is 2.19. The highest BCUT2D eigenvalue weighted by atomic mass is 16.3. The van der Waals surface area contributed by atoms with E-state index in [0.29, 0.717) is 18.0 Å². The molecule has 1 aromatic heterocycles. The van der Waals surface area contributed by atoms with Crippen molar-refractivity contribution >= 4 is 5.78 Å². The number of carbonyl (C=O) groups excluding carboxylic acids is 1. The third kappa shape index (κ3) is 3.06. The topological polar surface area (TPSA) is 43.1 Å². The van der Waals surface area contributed by atoms with Crippen LogP contribution in [-0.2, 0) is 0 Å². The molecule has 18 heavy (non-hydrogen) atoms. The van der Waals surface area contributed by atoms with Crippen molar-refractivity contribution in [1.82, 2.24) is 4.98 Å². The maximum absolute atomic E-state index is 11.8. The van der Waals surface area contributed by atoms with Crippen LogP contribution in [0.5, 0.6) is 0 Å². The molecule has 0 saturated heterocycles. The van der Waals surface area contributed by atoms with Crippen molar-refractivity contribution in [2.24, 2.45) is 0 Å². The van der Waals surface area contributed by atoms with E-state index in [-0.39, 0.29) is 5.78 Å². The lowest BCUT2D eigenvalue weighted by Crippen LogP contribution is -1.99. The number of rotatable bonds is 6. The molecule has 1 aromatic carbocycles. The van der Waals surface area contributed by atoms with E-state index in [1.54, 1.807) is 0 Å². The summed E-state index contributed by atoms with van der Waals surface area (Å²) in [6.45, 7) is 2.12. The first-order chi connectivity index (χ1) is 8.81. The largest absolute Gasteiger partial charge is 0.444 e. The normalized spacial score (nSPS) is 10.5. The Morgan fingerprint density at radius 2 is 2.00 bits per heavy atom. The van der Waals surface area contributed by atoms with E-state index in [1.807, 2.05) is 30.3 Å². The Morgan fingerprint density at radius 1 is 1.22 bits per heavy atom. The van der Waals surface area contributed by atoms with Gasteiger partial charge in [0, 0.05) is 12.0 Å². The molecule has 2 aromatic rings. The Balaban J connectivity index is 2.04. The second-order valence-corrected chi connectivity index (χ2v) is 4.28. The van der Waals surface area contributed by atoms with Gasteiger partial charge in [0.25, 0.3) is 0 Å². The van der Waals surface area contributed by atoms with E-state index >= 15 is 0 Å². The number of carbonyl (C=O) groups is 1. The van der Waals surface area contributed by atoms with Crippen LogP contribution in [0.4, 0.5) is 0 Å². The summed E-state index contributed by atoms with van der Waals surface area (Å²) in [4.78, 5) is 16.1. The maximum atomic E-state index is 11.8. The highest BCUT2D eigenvalue weighted by Gasteiger charge is 2.12. The van der Waals surface area contributed by atoms with Crippen LogP contribution >= 0.6 is 0 Å². The Morgan fingerprint density at radius 3 is 2.72 bits per heavy atom. The predicted octanol–water partition coefficient (Wildman–Crippen LogP) is 4.10. The lowest BCUT2D eigenvalue weighted by Gasteiger charge is -1.95. The summed E-state index contributed by atoms with van der Waals surface area (Å²) in [5.41, 5.74) is 1.33. The fraction of sp³-hybridized carbons (Fsp3) is 0.333. The molecule has 0 aliphatic carbocycles. The summed E-state index contributed by atoms with van der Waals surface area (Å²) < 4.78 is 5.35. The molecule has 0 radical (unpaired) electrons. The molecule has 3 heteroatoms. The van der Waals surface area contributed by atoms with Crippen molar-refractivity contribution in [2.45, 2.75) is 32.6 Å². The van der Waals surface area contributed by atoms with E-state index in [0.717, 1.165) is 24.8 Å². The van der Waals surface area contributed by atoms with Crippen LogP contribution in [0.25, 0.3) is 11.5 Å². The van der Waals surface area contributed by atoms with Gasteiger partial charge in [0.1, 0.15) is 12.0 Å². The molecular formula is C15H17NO2. The van der Waals surface area contributed by atoms with Crippen molar-refractivity contribution in [3.63, 3.8) is 0 Å². The van der Waals surface area contributed by atoms with Crippen molar-refractivity contribution < 1.29 is 9.21 Å².